The molecular formula is C13H17NO. The third kappa shape index (κ3) is 1.44. The first-order valence-electron chi connectivity index (χ1n) is 5.81. The lowest BCUT2D eigenvalue weighted by Gasteiger charge is -2.23. The fourth-order valence-electron chi connectivity index (χ4n) is 2.79. The maximum Gasteiger partial charge on any atom is 0.127 e. The highest BCUT2D eigenvalue weighted by atomic mass is 16.5. The highest BCUT2D eigenvalue weighted by Gasteiger charge is 2.44. The maximum atomic E-state index is 6.15. The van der Waals surface area contributed by atoms with E-state index in [0.717, 1.165) is 25.3 Å². The van der Waals surface area contributed by atoms with Crippen LogP contribution in [0.5, 0.6) is 5.75 Å². The second-order valence-electron chi connectivity index (χ2n) is 4.69. The fraction of sp³-hybridized carbons (Fsp3) is 0.538. The van der Waals surface area contributed by atoms with E-state index < -0.39 is 0 Å². The monoisotopic (exact) mass is 203 g/mol. The molecule has 80 valence electrons. The van der Waals surface area contributed by atoms with Crippen molar-refractivity contribution in [2.75, 3.05) is 19.6 Å². The molecule has 0 aromatic heterocycles. The van der Waals surface area contributed by atoms with Gasteiger partial charge in [0.1, 0.15) is 11.4 Å². The summed E-state index contributed by atoms with van der Waals surface area (Å²) >= 11 is 0. The second-order valence-corrected chi connectivity index (χ2v) is 4.69. The Labute approximate surface area is 90.8 Å². The van der Waals surface area contributed by atoms with Crippen molar-refractivity contribution in [3.05, 3.63) is 29.8 Å². The molecule has 1 atom stereocenters. The summed E-state index contributed by atoms with van der Waals surface area (Å²) in [6.45, 7) is 5.64. The second kappa shape index (κ2) is 3.24. The van der Waals surface area contributed by atoms with Gasteiger partial charge in [0.2, 0.25) is 0 Å². The smallest absolute Gasteiger partial charge is 0.127 e. The molecule has 1 fully saturated rings. The molecule has 2 nitrogen and oxygen atoms in total. The first kappa shape index (κ1) is 9.22. The number of nitrogens with zero attached hydrogens (tertiary/aromatic N) is 1. The lowest BCUT2D eigenvalue weighted by Crippen LogP contribution is -2.37. The first-order valence-corrected chi connectivity index (χ1v) is 5.81. The van der Waals surface area contributed by atoms with Gasteiger partial charge in [0.15, 0.2) is 0 Å². The van der Waals surface area contributed by atoms with Crippen molar-refractivity contribution in [1.29, 1.82) is 0 Å². The van der Waals surface area contributed by atoms with Crippen LogP contribution in [-0.4, -0.2) is 30.1 Å². The summed E-state index contributed by atoms with van der Waals surface area (Å²) in [6.07, 6.45) is 2.27. The van der Waals surface area contributed by atoms with Gasteiger partial charge in [-0.15, -0.1) is 0 Å². The minimum absolute atomic E-state index is 0.0969. The predicted molar refractivity (Wildman–Crippen MR) is 60.2 cm³/mol. The first-order chi connectivity index (χ1) is 7.31. The van der Waals surface area contributed by atoms with Crippen LogP contribution in [0, 0.1) is 0 Å². The average molecular weight is 203 g/mol. The van der Waals surface area contributed by atoms with E-state index in [1.54, 1.807) is 0 Å². The number of hydrogen-bond donors (Lipinski definition) is 0. The Bertz CT molecular complexity index is 350. The van der Waals surface area contributed by atoms with Gasteiger partial charge in [0.25, 0.3) is 0 Å². The van der Waals surface area contributed by atoms with Crippen molar-refractivity contribution < 1.29 is 4.74 Å². The van der Waals surface area contributed by atoms with E-state index in [9.17, 15) is 0 Å². The molecule has 2 aliphatic rings. The summed E-state index contributed by atoms with van der Waals surface area (Å²) in [4.78, 5) is 2.48. The van der Waals surface area contributed by atoms with Crippen molar-refractivity contribution in [2.24, 2.45) is 0 Å². The van der Waals surface area contributed by atoms with Gasteiger partial charge in [0.05, 0.1) is 0 Å². The van der Waals surface area contributed by atoms with Gasteiger partial charge in [-0.3, -0.25) is 4.90 Å². The van der Waals surface area contributed by atoms with Gasteiger partial charge < -0.3 is 4.74 Å². The zero-order valence-electron chi connectivity index (χ0n) is 9.20. The Morgan fingerprint density at radius 3 is 3.00 bits per heavy atom. The van der Waals surface area contributed by atoms with E-state index >= 15 is 0 Å². The van der Waals surface area contributed by atoms with E-state index in [0.29, 0.717) is 0 Å². The minimum atomic E-state index is 0.0969. The standard InChI is InChI=1S/C13H17NO/c1-2-14-8-7-13(10-14)9-11-5-3-4-6-12(11)15-13/h3-6H,2,7-10H2,1H3. The largest absolute Gasteiger partial charge is 0.485 e. The van der Waals surface area contributed by atoms with Gasteiger partial charge in [-0.05, 0) is 18.2 Å². The van der Waals surface area contributed by atoms with Crippen LogP contribution in [0.1, 0.15) is 18.9 Å². The highest BCUT2D eigenvalue weighted by Crippen LogP contribution is 2.39. The summed E-state index contributed by atoms with van der Waals surface area (Å²) < 4.78 is 6.15. The molecule has 1 spiro atoms. The number of rotatable bonds is 1. The number of benzene rings is 1. The van der Waals surface area contributed by atoms with Crippen molar-refractivity contribution >= 4 is 0 Å². The summed E-state index contributed by atoms with van der Waals surface area (Å²) in [7, 11) is 0. The molecule has 0 bridgehead atoms. The van der Waals surface area contributed by atoms with Gasteiger partial charge >= 0.3 is 0 Å². The lowest BCUT2D eigenvalue weighted by atomic mass is 9.96. The van der Waals surface area contributed by atoms with Crippen LogP contribution in [0.3, 0.4) is 0 Å². The zero-order chi connectivity index (χ0) is 10.3. The predicted octanol–water partition coefficient (Wildman–Crippen LogP) is 2.09. The topological polar surface area (TPSA) is 12.5 Å². The van der Waals surface area contributed by atoms with Crippen LogP contribution in [0.4, 0.5) is 0 Å². The van der Waals surface area contributed by atoms with Gasteiger partial charge in [-0.25, -0.2) is 0 Å². The maximum absolute atomic E-state index is 6.15. The Hall–Kier alpha value is -1.02. The fourth-order valence-corrected chi connectivity index (χ4v) is 2.79. The van der Waals surface area contributed by atoms with Crippen molar-refractivity contribution in [2.45, 2.75) is 25.4 Å². The van der Waals surface area contributed by atoms with E-state index in [1.165, 1.54) is 18.5 Å². The van der Waals surface area contributed by atoms with Crippen molar-refractivity contribution in [3.8, 4) is 5.75 Å². The molecule has 1 aromatic carbocycles. The number of fused-ring (bicyclic) bond motifs is 1. The van der Waals surface area contributed by atoms with Crippen LogP contribution in [0.25, 0.3) is 0 Å². The molecule has 0 saturated carbocycles. The Kier molecular flexibility index (Phi) is 1.99. The number of likely N-dealkylation sites (N-methyl/N-ethyl adjacent to an activating group) is 1. The van der Waals surface area contributed by atoms with Gasteiger partial charge in [-0.2, -0.15) is 0 Å². The van der Waals surface area contributed by atoms with Crippen LogP contribution >= 0.6 is 0 Å². The number of ether oxygens (including phenoxy) is 1. The molecule has 1 saturated heterocycles. The third-order valence-electron chi connectivity index (χ3n) is 3.65. The number of hydrogen-bond acceptors (Lipinski definition) is 2. The van der Waals surface area contributed by atoms with Gasteiger partial charge in [-0.1, -0.05) is 25.1 Å². The summed E-state index contributed by atoms with van der Waals surface area (Å²) in [5, 5.41) is 0. The molecule has 2 heterocycles. The number of likely N-dealkylation sites (tertiary alicyclic amines) is 1. The third-order valence-corrected chi connectivity index (χ3v) is 3.65. The molecule has 15 heavy (non-hydrogen) atoms. The lowest BCUT2D eigenvalue weighted by molar-refractivity contribution is 0.103. The van der Waals surface area contributed by atoms with Crippen LogP contribution in [-0.2, 0) is 6.42 Å². The van der Waals surface area contributed by atoms with E-state index in [-0.39, 0.29) is 5.60 Å². The molecule has 0 radical (unpaired) electrons. The Balaban J connectivity index is 1.84. The molecular weight excluding hydrogens is 186 g/mol. The normalized spacial score (nSPS) is 29.4. The highest BCUT2D eigenvalue weighted by molar-refractivity contribution is 5.39. The molecule has 0 N–H and O–H groups in total. The SMILES string of the molecule is CCN1CCC2(Cc3ccccc3O2)C1. The Morgan fingerprint density at radius 1 is 1.40 bits per heavy atom. The Morgan fingerprint density at radius 2 is 2.27 bits per heavy atom. The average Bonchev–Trinajstić information content (AvgIpc) is 2.81. The van der Waals surface area contributed by atoms with E-state index in [1.807, 2.05) is 0 Å². The summed E-state index contributed by atoms with van der Waals surface area (Å²) in [6, 6.07) is 8.45. The minimum Gasteiger partial charge on any atom is -0.485 e. The molecule has 2 heteroatoms. The summed E-state index contributed by atoms with van der Waals surface area (Å²) in [5.74, 6) is 1.11. The number of para-hydroxylation sites is 1. The molecule has 0 amide bonds. The molecule has 0 aliphatic carbocycles. The zero-order valence-corrected chi connectivity index (χ0v) is 9.20. The summed E-state index contributed by atoms with van der Waals surface area (Å²) in [5.41, 5.74) is 1.48. The van der Waals surface area contributed by atoms with Crippen LogP contribution < -0.4 is 4.74 Å². The van der Waals surface area contributed by atoms with Crippen LogP contribution in [0.15, 0.2) is 24.3 Å². The molecule has 1 unspecified atom stereocenters. The molecule has 2 aliphatic heterocycles. The molecule has 1 aromatic rings. The van der Waals surface area contributed by atoms with E-state index in [2.05, 4.69) is 36.1 Å². The van der Waals surface area contributed by atoms with Crippen molar-refractivity contribution in [3.63, 3.8) is 0 Å². The molecule has 3 rings (SSSR count). The quantitative estimate of drug-likeness (QED) is 0.693. The van der Waals surface area contributed by atoms with Crippen molar-refractivity contribution in [1.82, 2.24) is 4.90 Å². The van der Waals surface area contributed by atoms with Gasteiger partial charge in [0, 0.05) is 25.9 Å². The van der Waals surface area contributed by atoms with Crippen LogP contribution in [0.2, 0.25) is 0 Å². The van der Waals surface area contributed by atoms with E-state index in [4.69, 9.17) is 4.74 Å².